The predicted octanol–water partition coefficient (Wildman–Crippen LogP) is 7.48. The van der Waals surface area contributed by atoms with E-state index in [-0.39, 0.29) is 24.7 Å². The molecule has 2 saturated heterocycles. The van der Waals surface area contributed by atoms with Gasteiger partial charge in [-0.3, -0.25) is 19.2 Å². The van der Waals surface area contributed by atoms with Gasteiger partial charge in [0.05, 0.1) is 45.7 Å². The molecule has 0 spiro atoms. The molecule has 50 heavy (non-hydrogen) atoms. The number of halogens is 6. The normalized spacial score (nSPS) is 28.1. The molecule has 1 saturated carbocycles. The summed E-state index contributed by atoms with van der Waals surface area (Å²) in [5.74, 6) is -7.90. The molecule has 4 aliphatic rings. The second-order valence-electron chi connectivity index (χ2n) is 13.8. The number of fused-ring (bicyclic) bond motifs is 4. The van der Waals surface area contributed by atoms with Gasteiger partial charge in [-0.05, 0) is 86.6 Å². The van der Waals surface area contributed by atoms with Crippen LogP contribution in [0.25, 0.3) is 0 Å². The largest absolute Gasteiger partial charge is 0.507 e. The number of hydrogen-bond donors (Lipinski definition) is 1. The van der Waals surface area contributed by atoms with Gasteiger partial charge in [0.2, 0.25) is 23.6 Å². The molecule has 4 amide bonds. The fraction of sp³-hybridized carbons (Fsp3) is 0.351. The van der Waals surface area contributed by atoms with Gasteiger partial charge in [-0.2, -0.15) is 26.3 Å². The lowest BCUT2D eigenvalue weighted by Gasteiger charge is -2.49. The number of imide groups is 2. The summed E-state index contributed by atoms with van der Waals surface area (Å²) in [4.78, 5) is 58.3. The molecular weight excluding hydrogens is 666 g/mol. The van der Waals surface area contributed by atoms with Crippen molar-refractivity contribution in [3.8, 4) is 5.75 Å². The Labute approximate surface area is 282 Å². The van der Waals surface area contributed by atoms with Gasteiger partial charge in [0, 0.05) is 5.92 Å². The number of anilines is 2. The molecule has 6 unspecified atom stereocenters. The number of para-hydroxylation sites is 1. The van der Waals surface area contributed by atoms with Crippen LogP contribution in [0.4, 0.5) is 37.7 Å². The molecule has 3 aromatic rings. The minimum absolute atomic E-state index is 0.0340. The molecule has 0 bridgehead atoms. The van der Waals surface area contributed by atoms with Crippen molar-refractivity contribution in [1.29, 1.82) is 0 Å². The highest BCUT2D eigenvalue weighted by molar-refractivity contribution is 6.25. The molecule has 13 heteroatoms. The third kappa shape index (κ3) is 4.79. The molecule has 3 aromatic carbocycles. The number of rotatable bonds is 3. The SMILES string of the molecule is Cc1cc(C2C3=CCC4C(=O)N(c5cc(C(F)(F)F)cc(C(F)(F)F)c5)C(=O)C4C3CC3C(=O)N(c4ccccc4)C(=O)C32C)cc(C)c1O. The van der Waals surface area contributed by atoms with Gasteiger partial charge in [0.15, 0.2) is 0 Å². The molecule has 2 heterocycles. The van der Waals surface area contributed by atoms with Gasteiger partial charge < -0.3 is 5.11 Å². The average Bonchev–Trinajstić information content (AvgIpc) is 3.42. The molecule has 7 rings (SSSR count). The maximum atomic E-state index is 14.5. The highest BCUT2D eigenvalue weighted by Gasteiger charge is 2.67. The molecule has 3 fully saturated rings. The van der Waals surface area contributed by atoms with Crippen molar-refractivity contribution in [2.45, 2.75) is 51.9 Å². The van der Waals surface area contributed by atoms with Crippen LogP contribution in [-0.4, -0.2) is 28.7 Å². The van der Waals surface area contributed by atoms with Crippen LogP contribution in [0.5, 0.6) is 5.75 Å². The Bertz CT molecular complexity index is 1970. The second-order valence-corrected chi connectivity index (χ2v) is 13.8. The number of allylic oxidation sites excluding steroid dienone is 2. The molecule has 0 radical (unpaired) electrons. The van der Waals surface area contributed by atoms with Gasteiger partial charge in [0.1, 0.15) is 5.75 Å². The zero-order valence-corrected chi connectivity index (χ0v) is 26.9. The van der Waals surface area contributed by atoms with Gasteiger partial charge in [0.25, 0.3) is 0 Å². The highest BCUT2D eigenvalue weighted by Crippen LogP contribution is 2.64. The van der Waals surface area contributed by atoms with Crippen molar-refractivity contribution in [3.63, 3.8) is 0 Å². The Kier molecular flexibility index (Phi) is 7.40. The molecular formula is C37H30F6N2O5. The van der Waals surface area contributed by atoms with Crippen LogP contribution >= 0.6 is 0 Å². The number of phenolic OH excluding ortho intramolecular Hbond substituents is 1. The van der Waals surface area contributed by atoms with Crippen LogP contribution in [0.15, 0.2) is 72.3 Å². The summed E-state index contributed by atoms with van der Waals surface area (Å²) >= 11 is 0. The van der Waals surface area contributed by atoms with E-state index in [1.165, 1.54) is 0 Å². The number of benzene rings is 3. The highest BCUT2D eigenvalue weighted by atomic mass is 19.4. The molecule has 6 atom stereocenters. The lowest BCUT2D eigenvalue weighted by Crippen LogP contribution is -2.49. The summed E-state index contributed by atoms with van der Waals surface area (Å²) in [7, 11) is 0. The van der Waals surface area contributed by atoms with Crippen molar-refractivity contribution >= 4 is 35.0 Å². The maximum Gasteiger partial charge on any atom is 0.416 e. The van der Waals surface area contributed by atoms with Crippen molar-refractivity contribution in [1.82, 2.24) is 0 Å². The quantitative estimate of drug-likeness (QED) is 0.174. The fourth-order valence-corrected chi connectivity index (χ4v) is 8.70. The summed E-state index contributed by atoms with van der Waals surface area (Å²) in [6.45, 7) is 5.04. The minimum Gasteiger partial charge on any atom is -0.507 e. The third-order valence-corrected chi connectivity index (χ3v) is 11.0. The average molecular weight is 697 g/mol. The van der Waals surface area contributed by atoms with E-state index in [2.05, 4.69) is 0 Å². The molecule has 2 aliphatic heterocycles. The molecule has 7 nitrogen and oxygen atoms in total. The first-order valence-electron chi connectivity index (χ1n) is 16.0. The standard InChI is InChI=1S/C37H30F6N2O5/c1-17-11-19(12-18(2)30(17)46)29-24-9-10-25-28(26(24)16-27-32(48)45(34(50)35(27,29)3)22-7-5-4-6-8-22)33(49)44(31(25)47)23-14-20(36(38,39)40)13-21(15-23)37(41,42)43/h4-9,11-15,25-29,46H,10,16H2,1-3H3. The molecule has 0 aromatic heterocycles. The van der Waals surface area contributed by atoms with E-state index in [4.69, 9.17) is 0 Å². The minimum atomic E-state index is -5.20. The summed E-state index contributed by atoms with van der Waals surface area (Å²) < 4.78 is 82.6. The van der Waals surface area contributed by atoms with E-state index in [9.17, 15) is 50.6 Å². The summed E-state index contributed by atoms with van der Waals surface area (Å²) in [5, 5.41) is 10.6. The number of amides is 4. The summed E-state index contributed by atoms with van der Waals surface area (Å²) in [5.41, 5.74) is -3.07. The van der Waals surface area contributed by atoms with Gasteiger partial charge in [-0.25, -0.2) is 9.80 Å². The fourth-order valence-electron chi connectivity index (χ4n) is 8.70. The Morgan fingerprint density at radius 3 is 1.88 bits per heavy atom. The van der Waals surface area contributed by atoms with Gasteiger partial charge in [-0.15, -0.1) is 0 Å². The van der Waals surface area contributed by atoms with E-state index in [1.54, 1.807) is 69.3 Å². The first-order valence-corrected chi connectivity index (χ1v) is 16.0. The van der Waals surface area contributed by atoms with Crippen LogP contribution in [0, 0.1) is 42.9 Å². The van der Waals surface area contributed by atoms with Crippen LogP contribution in [0.1, 0.15) is 53.5 Å². The zero-order valence-electron chi connectivity index (χ0n) is 26.9. The molecule has 2 aliphatic carbocycles. The number of nitrogens with zero attached hydrogens (tertiary/aromatic N) is 2. The molecule has 1 N–H and O–H groups in total. The predicted molar refractivity (Wildman–Crippen MR) is 168 cm³/mol. The number of carbonyl (C=O) groups excluding carboxylic acids is 4. The van der Waals surface area contributed by atoms with Crippen LogP contribution in [-0.2, 0) is 31.5 Å². The van der Waals surface area contributed by atoms with Crippen molar-refractivity contribution < 1.29 is 50.6 Å². The Morgan fingerprint density at radius 2 is 1.32 bits per heavy atom. The van der Waals surface area contributed by atoms with Crippen LogP contribution < -0.4 is 9.80 Å². The van der Waals surface area contributed by atoms with E-state index in [0.29, 0.717) is 45.0 Å². The molecule has 260 valence electrons. The number of hydrogen-bond acceptors (Lipinski definition) is 5. The Morgan fingerprint density at radius 1 is 0.740 bits per heavy atom. The summed E-state index contributed by atoms with van der Waals surface area (Å²) in [6, 6.07) is 12.3. The van der Waals surface area contributed by atoms with Crippen LogP contribution in [0.3, 0.4) is 0 Å². The third-order valence-electron chi connectivity index (χ3n) is 11.0. The van der Waals surface area contributed by atoms with Crippen molar-refractivity contribution in [3.05, 3.63) is 100 Å². The first kappa shape index (κ1) is 33.6. The smallest absolute Gasteiger partial charge is 0.416 e. The first-order chi connectivity index (χ1) is 23.4. The number of phenols is 1. The van der Waals surface area contributed by atoms with Crippen LogP contribution in [0.2, 0.25) is 0 Å². The van der Waals surface area contributed by atoms with E-state index >= 15 is 0 Å². The van der Waals surface area contributed by atoms with E-state index < -0.39 is 87.8 Å². The summed E-state index contributed by atoms with van der Waals surface area (Å²) in [6.07, 6.45) is -8.82. The maximum absolute atomic E-state index is 14.5. The second kappa shape index (κ2) is 11.0. The van der Waals surface area contributed by atoms with Crippen molar-refractivity contribution in [2.75, 3.05) is 9.80 Å². The number of carbonyl (C=O) groups is 4. The number of alkyl halides is 6. The topological polar surface area (TPSA) is 95.0 Å². The number of aromatic hydroxyl groups is 1. The number of aryl methyl sites for hydroxylation is 2. The van der Waals surface area contributed by atoms with Crippen molar-refractivity contribution in [2.24, 2.45) is 29.1 Å². The Hall–Kier alpha value is -4.94. The lowest BCUT2D eigenvalue weighted by atomic mass is 9.51. The van der Waals surface area contributed by atoms with E-state index in [0.717, 1.165) is 4.90 Å². The Balaban J connectivity index is 1.37. The van der Waals surface area contributed by atoms with Gasteiger partial charge >= 0.3 is 12.4 Å². The van der Waals surface area contributed by atoms with Gasteiger partial charge in [-0.1, -0.05) is 42.0 Å². The van der Waals surface area contributed by atoms with E-state index in [1.807, 2.05) is 0 Å². The zero-order chi connectivity index (χ0) is 36.2. The monoisotopic (exact) mass is 696 g/mol. The lowest BCUT2D eigenvalue weighted by molar-refractivity contribution is -0.143.